The lowest BCUT2D eigenvalue weighted by molar-refractivity contribution is 0.253. The highest BCUT2D eigenvalue weighted by atomic mass is 15.2. The van der Waals surface area contributed by atoms with Crippen molar-refractivity contribution in [1.29, 1.82) is 0 Å². The Morgan fingerprint density at radius 3 is 2.73 bits per heavy atom. The van der Waals surface area contributed by atoms with Crippen molar-refractivity contribution in [2.75, 3.05) is 12.3 Å². The summed E-state index contributed by atoms with van der Waals surface area (Å²) in [5.74, 6) is 1.28. The Bertz CT molecular complexity index is 322. The van der Waals surface area contributed by atoms with Crippen molar-refractivity contribution in [3.63, 3.8) is 0 Å². The monoisotopic (exact) mass is 206 g/mol. The first kappa shape index (κ1) is 10.4. The molecule has 82 valence electrons. The van der Waals surface area contributed by atoms with Crippen molar-refractivity contribution >= 4 is 5.82 Å². The van der Waals surface area contributed by atoms with Crippen molar-refractivity contribution in [3.8, 4) is 0 Å². The summed E-state index contributed by atoms with van der Waals surface area (Å²) in [6.45, 7) is 6.62. The smallest absolute Gasteiger partial charge is 0.141 e. The highest BCUT2D eigenvalue weighted by molar-refractivity contribution is 5.22. The molecule has 2 atom stereocenters. The van der Waals surface area contributed by atoms with Gasteiger partial charge in [0.2, 0.25) is 0 Å². The average Bonchev–Trinajstić information content (AvgIpc) is 2.49. The van der Waals surface area contributed by atoms with E-state index >= 15 is 0 Å². The number of nitrogens with zero attached hydrogens (tertiary/aromatic N) is 3. The van der Waals surface area contributed by atoms with Gasteiger partial charge in [-0.1, -0.05) is 6.92 Å². The fourth-order valence-electron chi connectivity index (χ4n) is 2.26. The van der Waals surface area contributed by atoms with Crippen molar-refractivity contribution in [3.05, 3.63) is 18.1 Å². The van der Waals surface area contributed by atoms with Crippen molar-refractivity contribution in [2.45, 2.75) is 32.9 Å². The van der Waals surface area contributed by atoms with Crippen LogP contribution in [0.2, 0.25) is 0 Å². The van der Waals surface area contributed by atoms with Gasteiger partial charge in [-0.15, -0.1) is 0 Å². The van der Waals surface area contributed by atoms with Gasteiger partial charge in [0.15, 0.2) is 0 Å². The minimum atomic E-state index is 0.488. The molecule has 1 fully saturated rings. The zero-order valence-corrected chi connectivity index (χ0v) is 9.35. The minimum Gasteiger partial charge on any atom is -0.382 e. The van der Waals surface area contributed by atoms with Gasteiger partial charge in [0.05, 0.1) is 18.1 Å². The summed E-state index contributed by atoms with van der Waals surface area (Å²) in [6, 6.07) is 0.652. The van der Waals surface area contributed by atoms with Gasteiger partial charge >= 0.3 is 0 Å². The molecule has 0 aromatic carbocycles. The Kier molecular flexibility index (Phi) is 2.86. The molecule has 1 saturated heterocycles. The number of hydrogen-bond donors (Lipinski definition) is 1. The normalized spacial score (nSPS) is 27.1. The van der Waals surface area contributed by atoms with Gasteiger partial charge in [-0.3, -0.25) is 9.88 Å². The van der Waals surface area contributed by atoms with E-state index in [-0.39, 0.29) is 0 Å². The zero-order chi connectivity index (χ0) is 10.8. The minimum absolute atomic E-state index is 0.488. The van der Waals surface area contributed by atoms with Crippen LogP contribution in [0.25, 0.3) is 0 Å². The van der Waals surface area contributed by atoms with E-state index in [1.165, 1.54) is 6.42 Å². The fraction of sp³-hybridized carbons (Fsp3) is 0.636. The summed E-state index contributed by atoms with van der Waals surface area (Å²) >= 11 is 0. The van der Waals surface area contributed by atoms with Crippen molar-refractivity contribution in [2.24, 2.45) is 5.92 Å². The maximum absolute atomic E-state index is 5.50. The molecule has 0 amide bonds. The maximum Gasteiger partial charge on any atom is 0.141 e. The van der Waals surface area contributed by atoms with E-state index in [0.29, 0.717) is 11.9 Å². The van der Waals surface area contributed by atoms with Crippen LogP contribution in [-0.4, -0.2) is 27.5 Å². The summed E-state index contributed by atoms with van der Waals surface area (Å²) < 4.78 is 0. The molecule has 2 N–H and O–H groups in total. The molecule has 0 spiro atoms. The van der Waals surface area contributed by atoms with E-state index < -0.39 is 0 Å². The molecule has 4 nitrogen and oxygen atoms in total. The Morgan fingerprint density at radius 2 is 2.20 bits per heavy atom. The number of nitrogen functional groups attached to an aromatic ring is 1. The van der Waals surface area contributed by atoms with E-state index in [2.05, 4.69) is 28.7 Å². The SMILES string of the molecule is CC1CC(C)N(Cc2cnc(N)cn2)C1. The predicted octanol–water partition coefficient (Wildman–Crippen LogP) is 1.29. The average molecular weight is 206 g/mol. The summed E-state index contributed by atoms with van der Waals surface area (Å²) in [5.41, 5.74) is 6.50. The highest BCUT2D eigenvalue weighted by Crippen LogP contribution is 2.23. The van der Waals surface area contributed by atoms with Crippen LogP contribution < -0.4 is 5.73 Å². The van der Waals surface area contributed by atoms with Crippen molar-refractivity contribution in [1.82, 2.24) is 14.9 Å². The molecule has 0 saturated carbocycles. The summed E-state index contributed by atoms with van der Waals surface area (Å²) in [5, 5.41) is 0. The molecule has 0 bridgehead atoms. The summed E-state index contributed by atoms with van der Waals surface area (Å²) in [7, 11) is 0. The van der Waals surface area contributed by atoms with Gasteiger partial charge in [0.1, 0.15) is 5.82 Å². The van der Waals surface area contributed by atoms with Gasteiger partial charge in [0, 0.05) is 19.1 Å². The Morgan fingerprint density at radius 1 is 1.40 bits per heavy atom. The van der Waals surface area contributed by atoms with Crippen LogP contribution in [-0.2, 0) is 6.54 Å². The first-order valence-electron chi connectivity index (χ1n) is 5.45. The number of rotatable bonds is 2. The molecule has 1 aromatic heterocycles. The van der Waals surface area contributed by atoms with Crippen LogP contribution in [0, 0.1) is 5.92 Å². The molecule has 0 radical (unpaired) electrons. The lowest BCUT2D eigenvalue weighted by Gasteiger charge is -2.20. The molecule has 0 aliphatic carbocycles. The molecular weight excluding hydrogens is 188 g/mol. The lowest BCUT2D eigenvalue weighted by atomic mass is 10.1. The molecule has 15 heavy (non-hydrogen) atoms. The molecular formula is C11H18N4. The fourth-order valence-corrected chi connectivity index (χ4v) is 2.26. The Labute approximate surface area is 90.5 Å². The third-order valence-corrected chi connectivity index (χ3v) is 3.00. The van der Waals surface area contributed by atoms with Crippen LogP contribution in [0.3, 0.4) is 0 Å². The molecule has 1 aliphatic heterocycles. The number of aromatic nitrogens is 2. The third kappa shape index (κ3) is 2.45. The number of hydrogen-bond acceptors (Lipinski definition) is 4. The van der Waals surface area contributed by atoms with Gasteiger partial charge < -0.3 is 5.73 Å². The second-order valence-corrected chi connectivity index (χ2v) is 4.55. The van der Waals surface area contributed by atoms with Crippen LogP contribution in [0.5, 0.6) is 0 Å². The first-order chi connectivity index (χ1) is 7.15. The van der Waals surface area contributed by atoms with E-state index in [1.54, 1.807) is 12.4 Å². The standard InChI is InChI=1S/C11H18N4/c1-8-3-9(2)15(6-8)7-10-4-14-11(12)5-13-10/h4-5,8-9H,3,6-7H2,1-2H3,(H2,12,14). The number of likely N-dealkylation sites (tertiary alicyclic amines) is 1. The molecule has 2 heterocycles. The van der Waals surface area contributed by atoms with Gasteiger partial charge in [-0.2, -0.15) is 0 Å². The lowest BCUT2D eigenvalue weighted by Crippen LogP contribution is -2.27. The molecule has 1 aromatic rings. The molecule has 4 heteroatoms. The Hall–Kier alpha value is -1.16. The van der Waals surface area contributed by atoms with E-state index in [0.717, 1.165) is 24.7 Å². The topological polar surface area (TPSA) is 55.0 Å². The zero-order valence-electron chi connectivity index (χ0n) is 9.35. The molecule has 2 rings (SSSR count). The van der Waals surface area contributed by atoms with E-state index in [1.807, 2.05) is 0 Å². The highest BCUT2D eigenvalue weighted by Gasteiger charge is 2.25. The third-order valence-electron chi connectivity index (χ3n) is 3.00. The van der Waals surface area contributed by atoms with Crippen LogP contribution >= 0.6 is 0 Å². The largest absolute Gasteiger partial charge is 0.382 e. The van der Waals surface area contributed by atoms with Crippen LogP contribution in [0.1, 0.15) is 26.0 Å². The quantitative estimate of drug-likeness (QED) is 0.792. The predicted molar refractivity (Wildman–Crippen MR) is 60.1 cm³/mol. The molecule has 1 aliphatic rings. The second kappa shape index (κ2) is 4.14. The van der Waals surface area contributed by atoms with Gasteiger partial charge in [-0.25, -0.2) is 4.98 Å². The maximum atomic E-state index is 5.50. The summed E-state index contributed by atoms with van der Waals surface area (Å²) in [6.07, 6.45) is 4.67. The second-order valence-electron chi connectivity index (χ2n) is 4.55. The van der Waals surface area contributed by atoms with E-state index in [9.17, 15) is 0 Å². The molecule has 2 unspecified atom stereocenters. The van der Waals surface area contributed by atoms with Gasteiger partial charge in [0.25, 0.3) is 0 Å². The first-order valence-corrected chi connectivity index (χ1v) is 5.45. The number of anilines is 1. The van der Waals surface area contributed by atoms with Crippen LogP contribution in [0.4, 0.5) is 5.82 Å². The van der Waals surface area contributed by atoms with E-state index in [4.69, 9.17) is 5.73 Å². The van der Waals surface area contributed by atoms with Gasteiger partial charge in [-0.05, 0) is 19.3 Å². The van der Waals surface area contributed by atoms with Crippen LogP contribution in [0.15, 0.2) is 12.4 Å². The van der Waals surface area contributed by atoms with Crippen molar-refractivity contribution < 1.29 is 0 Å². The summed E-state index contributed by atoms with van der Waals surface area (Å²) in [4.78, 5) is 10.8. The number of nitrogens with two attached hydrogens (primary N) is 1. The Balaban J connectivity index is 2.00.